The summed E-state index contributed by atoms with van der Waals surface area (Å²) in [7, 11) is 0. The first-order valence-electron chi connectivity index (χ1n) is 25.2. The highest BCUT2D eigenvalue weighted by atomic mass is 15.0. The van der Waals surface area contributed by atoms with Crippen LogP contribution in [0.3, 0.4) is 0 Å². The highest BCUT2D eigenvalue weighted by molar-refractivity contribution is 6.12. The number of benzene rings is 11. The number of hydrogen-bond donors (Lipinski definition) is 0. The van der Waals surface area contributed by atoms with Gasteiger partial charge in [-0.05, 0) is 117 Å². The van der Waals surface area contributed by atoms with Gasteiger partial charge in [-0.1, -0.05) is 206 Å². The molecule has 3 aromatic heterocycles. The van der Waals surface area contributed by atoms with Crippen LogP contribution in [0.2, 0.25) is 0 Å². The van der Waals surface area contributed by atoms with Gasteiger partial charge in [0.1, 0.15) is 0 Å². The van der Waals surface area contributed by atoms with Crippen LogP contribution in [-0.4, -0.2) is 19.1 Å². The van der Waals surface area contributed by atoms with Crippen molar-refractivity contribution in [1.29, 1.82) is 0 Å². The number of hydrogen-bond acceptors (Lipinski definition) is 2. The number of para-hydroxylation sites is 2. The zero-order chi connectivity index (χ0) is 49.0. The molecule has 0 spiro atoms. The Morgan fingerprint density at radius 2 is 0.541 bits per heavy atom. The number of aromatic nitrogens is 4. The fourth-order valence-corrected chi connectivity index (χ4v) is 11.0. The Morgan fingerprint density at radius 1 is 0.203 bits per heavy atom. The van der Waals surface area contributed by atoms with Crippen LogP contribution < -0.4 is 0 Å². The van der Waals surface area contributed by atoms with Crippen molar-refractivity contribution in [2.24, 2.45) is 0 Å². The Bertz CT molecular complexity index is 4120. The van der Waals surface area contributed by atoms with Gasteiger partial charge in [-0.15, -0.1) is 0 Å². The lowest BCUT2D eigenvalue weighted by Crippen LogP contribution is -2.02. The third kappa shape index (κ3) is 7.65. The minimum Gasteiger partial charge on any atom is -0.309 e. The van der Waals surface area contributed by atoms with Gasteiger partial charge in [0.2, 0.25) is 0 Å². The smallest absolute Gasteiger partial charge is 0.160 e. The van der Waals surface area contributed by atoms with Gasteiger partial charge in [-0.3, -0.25) is 0 Å². The molecule has 0 bridgehead atoms. The SMILES string of the molecule is c1ccc(-c2cccc(-c3ccc4c(c3)c3ccccc3n4-c3cc(-c4nc(-c5ccccc5)cc(-c5ccccc5)n4)cc(-n4c5ccccc5c5cc(-c6cccc(-c7ccccc7)c6)ccc54)c3)c2)cc1. The molecular formula is C70H46N4. The normalized spacial score (nSPS) is 11.5. The van der Waals surface area contributed by atoms with E-state index in [0.717, 1.165) is 61.5 Å². The van der Waals surface area contributed by atoms with Gasteiger partial charge < -0.3 is 9.13 Å². The Balaban J connectivity index is 1.00. The first kappa shape index (κ1) is 42.9. The second-order valence-corrected chi connectivity index (χ2v) is 19.0. The molecule has 0 saturated heterocycles. The molecule has 346 valence electrons. The monoisotopic (exact) mass is 942 g/mol. The molecule has 0 amide bonds. The summed E-state index contributed by atoms with van der Waals surface area (Å²) in [5.74, 6) is 0.649. The third-order valence-corrected chi connectivity index (χ3v) is 14.5. The van der Waals surface area contributed by atoms with Crippen molar-refractivity contribution in [3.05, 3.63) is 279 Å². The molecular weight excluding hydrogens is 897 g/mol. The standard InChI is InChI=1S/C70H46N4/c1-5-19-47(20-6-1)51-27-17-29-53(39-51)55-35-37-68-62(43-55)60-31-13-15-33-66(60)73(68)58-41-57(70-71-64(49-23-9-3-10-24-49)46-65(72-70)50-25-11-4-12-26-50)42-59(45-58)74-67-34-16-14-32-61(67)63-44-56(36-38-69(63)74)54-30-18-28-52(40-54)48-21-7-2-8-22-48/h1-46H. The van der Waals surface area contributed by atoms with Gasteiger partial charge >= 0.3 is 0 Å². The minimum absolute atomic E-state index is 0.649. The zero-order valence-corrected chi connectivity index (χ0v) is 40.3. The van der Waals surface area contributed by atoms with Crippen molar-refractivity contribution in [2.45, 2.75) is 0 Å². The fourth-order valence-electron chi connectivity index (χ4n) is 11.0. The molecule has 0 radical (unpaired) electrons. The molecule has 4 nitrogen and oxygen atoms in total. The van der Waals surface area contributed by atoms with E-state index in [1.807, 2.05) is 12.1 Å². The Kier molecular flexibility index (Phi) is 10.5. The topological polar surface area (TPSA) is 35.6 Å². The van der Waals surface area contributed by atoms with Crippen molar-refractivity contribution in [3.63, 3.8) is 0 Å². The summed E-state index contributed by atoms with van der Waals surface area (Å²) in [5.41, 5.74) is 20.7. The van der Waals surface area contributed by atoms with Gasteiger partial charge in [0, 0.05) is 49.6 Å². The molecule has 0 saturated carbocycles. The van der Waals surface area contributed by atoms with E-state index >= 15 is 0 Å². The minimum atomic E-state index is 0.649. The number of nitrogens with zero attached hydrogens (tertiary/aromatic N) is 4. The largest absolute Gasteiger partial charge is 0.309 e. The van der Waals surface area contributed by atoms with Gasteiger partial charge in [0.05, 0.1) is 33.5 Å². The van der Waals surface area contributed by atoms with E-state index < -0.39 is 0 Å². The van der Waals surface area contributed by atoms with Gasteiger partial charge in [0.15, 0.2) is 5.82 Å². The molecule has 0 fully saturated rings. The summed E-state index contributed by atoms with van der Waals surface area (Å²) in [6.45, 7) is 0. The quantitative estimate of drug-likeness (QED) is 0.145. The molecule has 0 aliphatic rings. The second kappa shape index (κ2) is 18.1. The lowest BCUT2D eigenvalue weighted by molar-refractivity contribution is 1.12. The molecule has 3 heterocycles. The van der Waals surface area contributed by atoms with Crippen LogP contribution in [0, 0.1) is 0 Å². The summed E-state index contributed by atoms with van der Waals surface area (Å²) < 4.78 is 4.85. The maximum atomic E-state index is 5.41. The van der Waals surface area contributed by atoms with E-state index in [2.05, 4.69) is 276 Å². The summed E-state index contributed by atoms with van der Waals surface area (Å²) in [5, 5.41) is 4.74. The van der Waals surface area contributed by atoms with Crippen molar-refractivity contribution in [2.75, 3.05) is 0 Å². The van der Waals surface area contributed by atoms with E-state index in [4.69, 9.17) is 9.97 Å². The van der Waals surface area contributed by atoms with Crippen LogP contribution in [0.4, 0.5) is 0 Å². The van der Waals surface area contributed by atoms with E-state index in [1.165, 1.54) is 66.1 Å². The molecule has 14 rings (SSSR count). The van der Waals surface area contributed by atoms with Crippen molar-refractivity contribution in [1.82, 2.24) is 19.1 Å². The first-order chi connectivity index (χ1) is 36.7. The van der Waals surface area contributed by atoms with Gasteiger partial charge in [-0.25, -0.2) is 9.97 Å². The average molecular weight is 943 g/mol. The molecule has 0 unspecified atom stereocenters. The molecule has 0 aliphatic heterocycles. The van der Waals surface area contributed by atoms with Crippen molar-refractivity contribution < 1.29 is 0 Å². The predicted octanol–water partition coefficient (Wildman–Crippen LogP) is 18.3. The second-order valence-electron chi connectivity index (χ2n) is 19.0. The van der Waals surface area contributed by atoms with E-state index in [9.17, 15) is 0 Å². The number of fused-ring (bicyclic) bond motifs is 6. The molecule has 0 aliphatic carbocycles. The maximum Gasteiger partial charge on any atom is 0.160 e. The van der Waals surface area contributed by atoms with Crippen LogP contribution in [0.25, 0.3) is 133 Å². The molecule has 14 aromatic rings. The Hall–Kier alpha value is -9.90. The Labute approximate surface area is 429 Å². The average Bonchev–Trinajstić information content (AvgIpc) is 4.00. The fraction of sp³-hybridized carbons (Fsp3) is 0. The van der Waals surface area contributed by atoms with Gasteiger partial charge in [0.25, 0.3) is 0 Å². The summed E-state index contributed by atoms with van der Waals surface area (Å²) in [6, 6.07) is 100. The van der Waals surface area contributed by atoms with Gasteiger partial charge in [-0.2, -0.15) is 0 Å². The van der Waals surface area contributed by atoms with Crippen LogP contribution in [0.15, 0.2) is 279 Å². The van der Waals surface area contributed by atoms with E-state index in [1.54, 1.807) is 0 Å². The highest BCUT2D eigenvalue weighted by Gasteiger charge is 2.21. The highest BCUT2D eigenvalue weighted by Crippen LogP contribution is 2.41. The van der Waals surface area contributed by atoms with Crippen LogP contribution in [0.1, 0.15) is 0 Å². The van der Waals surface area contributed by atoms with Crippen molar-refractivity contribution >= 4 is 43.6 Å². The molecule has 0 atom stereocenters. The molecule has 11 aromatic carbocycles. The van der Waals surface area contributed by atoms with E-state index in [0.29, 0.717) is 5.82 Å². The number of rotatable bonds is 9. The van der Waals surface area contributed by atoms with E-state index in [-0.39, 0.29) is 0 Å². The third-order valence-electron chi connectivity index (χ3n) is 14.5. The zero-order valence-electron chi connectivity index (χ0n) is 40.3. The first-order valence-corrected chi connectivity index (χ1v) is 25.2. The molecule has 74 heavy (non-hydrogen) atoms. The molecule has 4 heteroatoms. The lowest BCUT2D eigenvalue weighted by atomic mass is 9.98. The summed E-state index contributed by atoms with van der Waals surface area (Å²) >= 11 is 0. The van der Waals surface area contributed by atoms with Crippen LogP contribution in [0.5, 0.6) is 0 Å². The van der Waals surface area contributed by atoms with Crippen LogP contribution in [-0.2, 0) is 0 Å². The Morgan fingerprint density at radius 3 is 0.973 bits per heavy atom. The van der Waals surface area contributed by atoms with Crippen LogP contribution >= 0.6 is 0 Å². The molecule has 0 N–H and O–H groups in total. The summed E-state index contributed by atoms with van der Waals surface area (Å²) in [6.07, 6.45) is 0. The lowest BCUT2D eigenvalue weighted by Gasteiger charge is -2.16. The van der Waals surface area contributed by atoms with Crippen molar-refractivity contribution in [3.8, 4) is 89.8 Å². The summed E-state index contributed by atoms with van der Waals surface area (Å²) in [4.78, 5) is 10.8. The maximum absolute atomic E-state index is 5.41. The predicted molar refractivity (Wildman–Crippen MR) is 309 cm³/mol.